The van der Waals surface area contributed by atoms with Crippen LogP contribution < -0.4 is 15.4 Å². The van der Waals surface area contributed by atoms with Gasteiger partial charge >= 0.3 is 6.03 Å². The third kappa shape index (κ3) is 5.09. The van der Waals surface area contributed by atoms with Gasteiger partial charge in [0.1, 0.15) is 12.0 Å². The zero-order valence-electron chi connectivity index (χ0n) is 14.9. The molecule has 0 atom stereocenters. The number of aldehydes is 1. The second-order valence-electron chi connectivity index (χ2n) is 6.74. The summed E-state index contributed by atoms with van der Waals surface area (Å²) in [4.78, 5) is 22.8. The lowest BCUT2D eigenvalue weighted by molar-refractivity contribution is 0.112. The normalized spacial score (nSPS) is 19.4. The maximum Gasteiger partial charge on any atom is 0.319 e. The number of ether oxygens (including phenoxy) is 1. The molecule has 2 amide bonds. The minimum Gasteiger partial charge on any atom is -0.490 e. The van der Waals surface area contributed by atoms with Crippen LogP contribution in [0, 0.1) is 6.92 Å². The molecular weight excluding hydrogens is 328 g/mol. The summed E-state index contributed by atoms with van der Waals surface area (Å²) >= 11 is 0. The van der Waals surface area contributed by atoms with E-state index in [1.807, 2.05) is 43.3 Å². The van der Waals surface area contributed by atoms with Crippen molar-refractivity contribution in [1.29, 1.82) is 0 Å². The summed E-state index contributed by atoms with van der Waals surface area (Å²) < 4.78 is 5.97. The molecule has 0 bridgehead atoms. The van der Waals surface area contributed by atoms with Crippen LogP contribution in [0.5, 0.6) is 5.75 Å². The average molecular weight is 352 g/mol. The molecule has 2 aromatic carbocycles. The van der Waals surface area contributed by atoms with E-state index >= 15 is 0 Å². The fraction of sp³-hybridized carbons (Fsp3) is 0.333. The van der Waals surface area contributed by atoms with Crippen LogP contribution in [-0.4, -0.2) is 24.5 Å². The highest BCUT2D eigenvalue weighted by Gasteiger charge is 2.23. The molecule has 1 aliphatic rings. The quantitative estimate of drug-likeness (QED) is 0.788. The maximum absolute atomic E-state index is 12.1. The first-order valence-corrected chi connectivity index (χ1v) is 8.98. The third-order valence-electron chi connectivity index (χ3n) is 4.64. The number of carbonyl (C=O) groups excluding carboxylic acids is 2. The number of urea groups is 1. The van der Waals surface area contributed by atoms with E-state index in [2.05, 4.69) is 10.6 Å². The van der Waals surface area contributed by atoms with Crippen molar-refractivity contribution < 1.29 is 14.3 Å². The third-order valence-corrected chi connectivity index (χ3v) is 4.64. The van der Waals surface area contributed by atoms with E-state index in [1.165, 1.54) is 0 Å². The van der Waals surface area contributed by atoms with Gasteiger partial charge in [-0.15, -0.1) is 0 Å². The molecule has 2 N–H and O–H groups in total. The summed E-state index contributed by atoms with van der Waals surface area (Å²) in [5.74, 6) is 0.782. The van der Waals surface area contributed by atoms with Gasteiger partial charge < -0.3 is 15.4 Å². The van der Waals surface area contributed by atoms with E-state index < -0.39 is 0 Å². The molecular formula is C21H24N2O3. The zero-order valence-corrected chi connectivity index (χ0v) is 14.9. The molecule has 2 aromatic rings. The molecule has 1 fully saturated rings. The Morgan fingerprint density at radius 1 is 1.00 bits per heavy atom. The van der Waals surface area contributed by atoms with Gasteiger partial charge in [0.05, 0.1) is 6.10 Å². The van der Waals surface area contributed by atoms with Gasteiger partial charge in [0.2, 0.25) is 0 Å². The van der Waals surface area contributed by atoms with Crippen LogP contribution in [0.1, 0.15) is 41.6 Å². The highest BCUT2D eigenvalue weighted by Crippen LogP contribution is 2.24. The van der Waals surface area contributed by atoms with Gasteiger partial charge in [-0.25, -0.2) is 4.79 Å². The Balaban J connectivity index is 1.42. The van der Waals surface area contributed by atoms with Crippen molar-refractivity contribution in [3.05, 3.63) is 59.7 Å². The fourth-order valence-electron chi connectivity index (χ4n) is 3.13. The Labute approximate surface area is 153 Å². The first-order valence-electron chi connectivity index (χ1n) is 8.98. The van der Waals surface area contributed by atoms with Crippen molar-refractivity contribution in [2.45, 2.75) is 44.8 Å². The van der Waals surface area contributed by atoms with E-state index in [0.717, 1.165) is 49.0 Å². The molecule has 0 radical (unpaired) electrons. The lowest BCUT2D eigenvalue weighted by Gasteiger charge is -2.29. The van der Waals surface area contributed by atoms with E-state index in [0.29, 0.717) is 5.56 Å². The van der Waals surface area contributed by atoms with Crippen LogP contribution in [0.4, 0.5) is 10.5 Å². The van der Waals surface area contributed by atoms with Gasteiger partial charge in [0.25, 0.3) is 0 Å². The smallest absolute Gasteiger partial charge is 0.319 e. The molecule has 3 rings (SSSR count). The highest BCUT2D eigenvalue weighted by atomic mass is 16.5. The maximum atomic E-state index is 12.1. The molecule has 0 aromatic heterocycles. The minimum absolute atomic E-state index is 0.148. The van der Waals surface area contributed by atoms with Crippen LogP contribution in [0.2, 0.25) is 0 Å². The first kappa shape index (κ1) is 18.0. The fourth-order valence-corrected chi connectivity index (χ4v) is 3.13. The summed E-state index contributed by atoms with van der Waals surface area (Å²) in [5, 5.41) is 5.91. The molecule has 1 aliphatic carbocycles. The Bertz CT molecular complexity index is 733. The largest absolute Gasteiger partial charge is 0.490 e. The van der Waals surface area contributed by atoms with Crippen molar-refractivity contribution in [2.75, 3.05) is 5.32 Å². The SMILES string of the molecule is Cc1ccc(NC(=O)NC2CCC(Oc3ccc(C=O)cc3)CC2)cc1. The van der Waals surface area contributed by atoms with Crippen molar-refractivity contribution >= 4 is 18.0 Å². The van der Waals surface area contributed by atoms with E-state index in [1.54, 1.807) is 12.1 Å². The topological polar surface area (TPSA) is 67.4 Å². The van der Waals surface area contributed by atoms with E-state index in [9.17, 15) is 9.59 Å². The van der Waals surface area contributed by atoms with Crippen molar-refractivity contribution in [3.8, 4) is 5.75 Å². The number of anilines is 1. The number of nitrogens with one attached hydrogen (secondary N) is 2. The average Bonchev–Trinajstić information content (AvgIpc) is 2.66. The molecule has 0 aliphatic heterocycles. The minimum atomic E-state index is -0.164. The summed E-state index contributed by atoms with van der Waals surface area (Å²) in [6, 6.07) is 14.9. The Kier molecular flexibility index (Phi) is 5.89. The number of hydrogen-bond acceptors (Lipinski definition) is 3. The van der Waals surface area contributed by atoms with Crippen molar-refractivity contribution in [2.24, 2.45) is 0 Å². The molecule has 0 spiro atoms. The second kappa shape index (κ2) is 8.52. The van der Waals surface area contributed by atoms with E-state index in [-0.39, 0.29) is 18.2 Å². The summed E-state index contributed by atoms with van der Waals surface area (Å²) in [7, 11) is 0. The number of benzene rings is 2. The molecule has 1 saturated carbocycles. The predicted octanol–water partition coefficient (Wildman–Crippen LogP) is 4.32. The Hall–Kier alpha value is -2.82. The zero-order chi connectivity index (χ0) is 18.4. The van der Waals surface area contributed by atoms with Crippen molar-refractivity contribution in [3.63, 3.8) is 0 Å². The highest BCUT2D eigenvalue weighted by molar-refractivity contribution is 5.89. The predicted molar refractivity (Wildman–Crippen MR) is 102 cm³/mol. The van der Waals surface area contributed by atoms with Gasteiger partial charge in [-0.2, -0.15) is 0 Å². The Morgan fingerprint density at radius 2 is 1.65 bits per heavy atom. The molecule has 0 saturated heterocycles. The molecule has 5 nitrogen and oxygen atoms in total. The van der Waals surface area contributed by atoms with Gasteiger partial charge in [0, 0.05) is 17.3 Å². The standard InChI is InChI=1S/C21H24N2O3/c1-15-2-6-17(7-3-15)22-21(25)23-18-8-12-20(13-9-18)26-19-10-4-16(14-24)5-11-19/h2-7,10-11,14,18,20H,8-9,12-13H2,1H3,(H2,22,23,25). The molecule has 0 heterocycles. The Morgan fingerprint density at radius 3 is 2.27 bits per heavy atom. The van der Waals surface area contributed by atoms with Crippen LogP contribution in [0.3, 0.4) is 0 Å². The number of amides is 2. The van der Waals surface area contributed by atoms with E-state index in [4.69, 9.17) is 4.74 Å². The first-order chi connectivity index (χ1) is 12.6. The van der Waals surface area contributed by atoms with Crippen LogP contribution >= 0.6 is 0 Å². The lowest BCUT2D eigenvalue weighted by atomic mass is 9.93. The molecule has 26 heavy (non-hydrogen) atoms. The number of rotatable bonds is 5. The number of aryl methyl sites for hydroxylation is 1. The monoisotopic (exact) mass is 352 g/mol. The summed E-state index contributed by atoms with van der Waals surface area (Å²) in [6.45, 7) is 2.01. The molecule has 5 heteroatoms. The van der Waals surface area contributed by atoms with Gasteiger partial charge in [-0.05, 0) is 69.0 Å². The van der Waals surface area contributed by atoms with Crippen molar-refractivity contribution in [1.82, 2.24) is 5.32 Å². The van der Waals surface area contributed by atoms with Crippen LogP contribution in [-0.2, 0) is 0 Å². The molecule has 136 valence electrons. The van der Waals surface area contributed by atoms with Gasteiger partial charge in [-0.1, -0.05) is 17.7 Å². The second-order valence-corrected chi connectivity index (χ2v) is 6.74. The van der Waals surface area contributed by atoms with Crippen LogP contribution in [0.15, 0.2) is 48.5 Å². The number of carbonyl (C=O) groups is 2. The lowest BCUT2D eigenvalue weighted by Crippen LogP contribution is -2.41. The van der Waals surface area contributed by atoms with Gasteiger partial charge in [0.15, 0.2) is 0 Å². The van der Waals surface area contributed by atoms with Gasteiger partial charge in [-0.3, -0.25) is 4.79 Å². The number of hydrogen-bond donors (Lipinski definition) is 2. The summed E-state index contributed by atoms with van der Waals surface area (Å²) in [5.41, 5.74) is 2.60. The summed E-state index contributed by atoms with van der Waals surface area (Å²) in [6.07, 6.45) is 4.53. The molecule has 0 unspecified atom stereocenters. The van der Waals surface area contributed by atoms with Crippen LogP contribution in [0.25, 0.3) is 0 Å².